The third-order valence-electron chi connectivity index (χ3n) is 2.45. The molecule has 1 aliphatic heterocycles. The van der Waals surface area contributed by atoms with E-state index in [9.17, 15) is 5.21 Å². The summed E-state index contributed by atoms with van der Waals surface area (Å²) in [7, 11) is 1.07. The second-order valence-electron chi connectivity index (χ2n) is 3.25. The Hall–Kier alpha value is -0.590. The lowest BCUT2D eigenvalue weighted by atomic mass is 9.79. The highest BCUT2D eigenvalue weighted by atomic mass is 31.1. The Balaban J connectivity index is 2.14. The zero-order valence-electron chi connectivity index (χ0n) is 6.85. The average molecular weight is 181 g/mol. The maximum absolute atomic E-state index is 9.52. The molecule has 0 aromatic heterocycles. The molecule has 0 bridgehead atoms. The van der Waals surface area contributed by atoms with Crippen molar-refractivity contribution in [2.24, 2.45) is 11.8 Å². The zero-order valence-corrected chi connectivity index (χ0v) is 7.74. The van der Waals surface area contributed by atoms with Crippen LogP contribution in [0.3, 0.4) is 0 Å². The Morgan fingerprint density at radius 1 is 1.67 bits per heavy atom. The second kappa shape index (κ2) is 3.04. The fraction of sp³-hybridized carbons (Fsp3) is 0.444. The largest absolute Gasteiger partial charge is 0.289 e. The molecule has 1 N–H and O–H groups in total. The van der Waals surface area contributed by atoms with Gasteiger partial charge in [-0.15, -0.1) is 8.20 Å². The smallest absolute Gasteiger partial charge is 0.0521 e. The van der Waals surface area contributed by atoms with Gasteiger partial charge in [0.25, 0.3) is 0 Å². The van der Waals surface area contributed by atoms with Gasteiger partial charge in [0.15, 0.2) is 0 Å². The van der Waals surface area contributed by atoms with E-state index < -0.39 is 0 Å². The summed E-state index contributed by atoms with van der Waals surface area (Å²) in [5, 5.41) is 10.9. The molecule has 0 fully saturated rings. The quantitative estimate of drug-likeness (QED) is 0.518. The van der Waals surface area contributed by atoms with E-state index in [1.165, 1.54) is 5.06 Å². The molecule has 0 saturated carbocycles. The van der Waals surface area contributed by atoms with E-state index in [1.54, 1.807) is 0 Å². The van der Waals surface area contributed by atoms with E-state index in [0.717, 1.165) is 26.6 Å². The fourth-order valence-electron chi connectivity index (χ4n) is 1.63. The van der Waals surface area contributed by atoms with Gasteiger partial charge in [0.1, 0.15) is 0 Å². The van der Waals surface area contributed by atoms with Crippen LogP contribution in [0.4, 0.5) is 0 Å². The van der Waals surface area contributed by atoms with Gasteiger partial charge in [0.2, 0.25) is 0 Å². The molecule has 2 atom stereocenters. The summed E-state index contributed by atoms with van der Waals surface area (Å²) in [6.45, 7) is 0.753. The summed E-state index contributed by atoms with van der Waals surface area (Å²) in [4.78, 5) is 0. The van der Waals surface area contributed by atoms with Crippen LogP contribution in [0, 0.1) is 11.8 Å². The van der Waals surface area contributed by atoms with Crippen molar-refractivity contribution in [1.29, 1.82) is 0 Å². The van der Waals surface area contributed by atoms with Crippen LogP contribution in [-0.2, 0) is 0 Å². The topological polar surface area (TPSA) is 23.5 Å². The molecule has 3 heteroatoms. The van der Waals surface area contributed by atoms with Crippen molar-refractivity contribution in [3.8, 4) is 0 Å². The third kappa shape index (κ3) is 1.21. The number of nitrogens with zero attached hydrogens (tertiary/aromatic N) is 1. The van der Waals surface area contributed by atoms with Gasteiger partial charge in [-0.25, -0.2) is 0 Å². The van der Waals surface area contributed by atoms with Crippen LogP contribution in [-0.4, -0.2) is 29.3 Å². The van der Waals surface area contributed by atoms with E-state index in [0.29, 0.717) is 11.8 Å². The number of hydrogen-bond acceptors (Lipinski definition) is 2. The van der Waals surface area contributed by atoms with Crippen LogP contribution in [0.25, 0.3) is 0 Å². The Labute approximate surface area is 73.9 Å². The SMILES string of the molecule is C=PCC1=CC2C=CC2CN1O. The zero-order chi connectivity index (χ0) is 8.55. The van der Waals surface area contributed by atoms with Gasteiger partial charge < -0.3 is 0 Å². The summed E-state index contributed by atoms with van der Waals surface area (Å²) in [6, 6.07) is 0. The van der Waals surface area contributed by atoms with E-state index >= 15 is 0 Å². The van der Waals surface area contributed by atoms with Crippen molar-refractivity contribution in [1.82, 2.24) is 5.06 Å². The lowest BCUT2D eigenvalue weighted by Gasteiger charge is -2.37. The molecule has 2 unspecified atom stereocenters. The first-order valence-corrected chi connectivity index (χ1v) is 5.35. The first kappa shape index (κ1) is 8.03. The number of allylic oxidation sites excluding steroid dienone is 3. The minimum absolute atomic E-state index is 0.542. The van der Waals surface area contributed by atoms with Crippen LogP contribution in [0.2, 0.25) is 0 Å². The molecule has 0 amide bonds. The molecule has 1 aliphatic carbocycles. The van der Waals surface area contributed by atoms with Gasteiger partial charge in [0.05, 0.1) is 6.54 Å². The molecule has 2 aliphatic rings. The van der Waals surface area contributed by atoms with Gasteiger partial charge >= 0.3 is 0 Å². The summed E-state index contributed by atoms with van der Waals surface area (Å²) in [6.07, 6.45) is 11.1. The van der Waals surface area contributed by atoms with Crippen LogP contribution in [0.5, 0.6) is 0 Å². The number of hydrogen-bond donors (Lipinski definition) is 1. The van der Waals surface area contributed by atoms with Crippen molar-refractivity contribution in [3.63, 3.8) is 0 Å². The molecule has 0 radical (unpaired) electrons. The molecule has 0 aromatic rings. The Bertz CT molecular complexity index is 259. The summed E-state index contributed by atoms with van der Waals surface area (Å²) in [5.41, 5.74) is 1.03. The van der Waals surface area contributed by atoms with Gasteiger partial charge in [-0.3, -0.25) is 10.3 Å². The van der Waals surface area contributed by atoms with Crippen LogP contribution in [0.1, 0.15) is 0 Å². The molecular weight excluding hydrogens is 169 g/mol. The van der Waals surface area contributed by atoms with Crippen molar-refractivity contribution >= 4 is 14.5 Å². The summed E-state index contributed by atoms with van der Waals surface area (Å²) < 4.78 is 0. The molecule has 0 aromatic carbocycles. The minimum Gasteiger partial charge on any atom is -0.289 e. The summed E-state index contributed by atoms with van der Waals surface area (Å²) >= 11 is 0. The van der Waals surface area contributed by atoms with Gasteiger partial charge in [-0.1, -0.05) is 24.5 Å². The van der Waals surface area contributed by atoms with E-state index in [4.69, 9.17) is 0 Å². The number of fused-ring (bicyclic) bond motifs is 1. The van der Waals surface area contributed by atoms with Crippen LogP contribution >= 0.6 is 8.20 Å². The standard InChI is InChI=1S/C9H12NOP/c1-12-6-9-4-7-2-3-8(7)5-10(9)11/h2-4,7-8,11H,1,5-6H2. The molecule has 12 heavy (non-hydrogen) atoms. The maximum atomic E-state index is 9.52. The van der Waals surface area contributed by atoms with E-state index in [-0.39, 0.29) is 0 Å². The molecular formula is C9H12NOP. The van der Waals surface area contributed by atoms with Crippen molar-refractivity contribution in [2.75, 3.05) is 12.7 Å². The Kier molecular flexibility index (Phi) is 2.03. The fourth-order valence-corrected chi connectivity index (χ4v) is 2.13. The highest BCUT2D eigenvalue weighted by Gasteiger charge is 2.29. The first-order valence-electron chi connectivity index (χ1n) is 4.09. The van der Waals surface area contributed by atoms with Crippen LogP contribution < -0.4 is 0 Å². The highest BCUT2D eigenvalue weighted by Crippen LogP contribution is 2.33. The maximum Gasteiger partial charge on any atom is 0.0521 e. The lowest BCUT2D eigenvalue weighted by molar-refractivity contribution is -0.0732. The van der Waals surface area contributed by atoms with Crippen molar-refractivity contribution < 1.29 is 5.21 Å². The van der Waals surface area contributed by atoms with Crippen molar-refractivity contribution in [3.05, 3.63) is 23.9 Å². The highest BCUT2D eigenvalue weighted by molar-refractivity contribution is 7.36. The van der Waals surface area contributed by atoms with Gasteiger partial charge in [-0.2, -0.15) is 0 Å². The van der Waals surface area contributed by atoms with Gasteiger partial charge in [-0.05, 0) is 0 Å². The second-order valence-corrected chi connectivity index (χ2v) is 4.01. The third-order valence-corrected chi connectivity index (χ3v) is 3.00. The Morgan fingerprint density at radius 2 is 2.50 bits per heavy atom. The monoisotopic (exact) mass is 181 g/mol. The van der Waals surface area contributed by atoms with Crippen LogP contribution in [0.15, 0.2) is 23.9 Å². The molecule has 2 rings (SSSR count). The van der Waals surface area contributed by atoms with Gasteiger partial charge in [0, 0.05) is 23.7 Å². The molecule has 0 saturated heterocycles. The molecule has 0 spiro atoms. The normalized spacial score (nSPS) is 32.8. The Morgan fingerprint density at radius 3 is 3.08 bits per heavy atom. The first-order chi connectivity index (χ1) is 5.81. The van der Waals surface area contributed by atoms with Crippen molar-refractivity contribution in [2.45, 2.75) is 0 Å². The molecule has 2 nitrogen and oxygen atoms in total. The minimum atomic E-state index is 0.542. The number of rotatable bonds is 2. The van der Waals surface area contributed by atoms with E-state index in [1.807, 2.05) is 0 Å². The molecule has 1 heterocycles. The predicted octanol–water partition coefficient (Wildman–Crippen LogP) is 1.76. The summed E-state index contributed by atoms with van der Waals surface area (Å²) in [5.74, 6) is 1.12. The predicted molar refractivity (Wildman–Crippen MR) is 51.6 cm³/mol. The lowest BCUT2D eigenvalue weighted by Crippen LogP contribution is -2.37. The number of hydroxylamine groups is 2. The molecule has 64 valence electrons. The van der Waals surface area contributed by atoms with E-state index in [2.05, 4.69) is 24.5 Å². The average Bonchev–Trinajstić information content (AvgIpc) is 2.03.